The molecule has 0 N–H and O–H groups in total. The third kappa shape index (κ3) is 5.07. The van der Waals surface area contributed by atoms with Crippen LogP contribution >= 0.6 is 0 Å². The average molecular weight is 361 g/mol. The number of rotatable bonds is 9. The van der Waals surface area contributed by atoms with Crippen molar-refractivity contribution in [2.75, 3.05) is 27.4 Å². The van der Waals surface area contributed by atoms with Crippen molar-refractivity contribution in [1.82, 2.24) is 15.0 Å². The van der Waals surface area contributed by atoms with E-state index in [0.29, 0.717) is 26.4 Å². The van der Waals surface area contributed by atoms with E-state index in [1.807, 2.05) is 6.20 Å². The second kappa shape index (κ2) is 9.32. The summed E-state index contributed by atoms with van der Waals surface area (Å²) in [5.74, 6) is 0.270. The van der Waals surface area contributed by atoms with Crippen molar-refractivity contribution in [1.29, 1.82) is 0 Å². The summed E-state index contributed by atoms with van der Waals surface area (Å²) in [6.07, 6.45) is 3.87. The lowest BCUT2D eigenvalue weighted by molar-refractivity contribution is -0.0589. The molecule has 0 saturated carbocycles. The molecule has 3 rings (SSSR count). The molecule has 8 nitrogen and oxygen atoms in total. The molecule has 0 bridgehead atoms. The van der Waals surface area contributed by atoms with Crippen LogP contribution in [0.15, 0.2) is 6.20 Å². The lowest BCUT2D eigenvalue weighted by Crippen LogP contribution is -2.28. The van der Waals surface area contributed by atoms with Crippen molar-refractivity contribution in [3.05, 3.63) is 11.9 Å². The van der Waals surface area contributed by atoms with Gasteiger partial charge in [0.25, 0.3) is 0 Å². The molecule has 26 heavy (non-hydrogen) atoms. The quantitative estimate of drug-likeness (QED) is 0.556. The zero-order valence-electron chi connectivity index (χ0n) is 15.3. The first-order valence-electron chi connectivity index (χ1n) is 8.89. The molecule has 2 saturated heterocycles. The van der Waals surface area contributed by atoms with E-state index < -0.39 is 0 Å². The summed E-state index contributed by atoms with van der Waals surface area (Å²) in [6, 6.07) is -0.545. The van der Waals surface area contributed by atoms with E-state index in [1.54, 1.807) is 18.9 Å². The normalized spacial score (nSPS) is 34.5. The van der Waals surface area contributed by atoms with Crippen LogP contribution in [0.5, 0.6) is 0 Å². The monoisotopic (exact) mass is 361 g/mol. The Morgan fingerprint density at radius 1 is 1.15 bits per heavy atom. The molecule has 4 radical (unpaired) electrons. The maximum atomic E-state index is 5.89. The second-order valence-electron chi connectivity index (χ2n) is 6.84. The van der Waals surface area contributed by atoms with Gasteiger partial charge in [-0.05, 0) is 25.2 Å². The van der Waals surface area contributed by atoms with Crippen LogP contribution in [0.25, 0.3) is 0 Å². The molecule has 10 heteroatoms. The number of hydrogen-bond acceptors (Lipinski definition) is 7. The zero-order chi connectivity index (χ0) is 18.5. The third-order valence-electron chi connectivity index (χ3n) is 4.84. The van der Waals surface area contributed by atoms with Gasteiger partial charge in [0.1, 0.15) is 28.5 Å². The lowest BCUT2D eigenvalue weighted by atomic mass is 9.88. The van der Waals surface area contributed by atoms with E-state index in [0.717, 1.165) is 18.5 Å². The number of ether oxygens (including phenoxy) is 5. The Balaban J connectivity index is 1.44. The predicted molar refractivity (Wildman–Crippen MR) is 93.9 cm³/mol. The van der Waals surface area contributed by atoms with Gasteiger partial charge in [-0.1, -0.05) is 5.21 Å². The highest BCUT2D eigenvalue weighted by Gasteiger charge is 2.34. The molecular formula is C16H25B2N3O5. The number of hydrogen-bond donors (Lipinski definition) is 0. The maximum Gasteiger partial charge on any atom is 0.141 e. The molecule has 0 spiro atoms. The highest BCUT2D eigenvalue weighted by atomic mass is 16.6. The standard InChI is InChI=1S/C16H25B2N3O5/c1-22-7-13-10(4-15(17)25-13)3-11-6-21(20-19-11)9-24-8-14-12(23-2)5-16(18)26-14/h6,10,12-16H,3-5,7-9H2,1-2H3/t10?,12?,13-,14-,15-,16-/m1/s1. The third-order valence-corrected chi connectivity index (χ3v) is 4.84. The fourth-order valence-electron chi connectivity index (χ4n) is 3.56. The molecule has 2 fully saturated rings. The Morgan fingerprint density at radius 2 is 1.92 bits per heavy atom. The molecule has 3 heterocycles. The van der Waals surface area contributed by atoms with Crippen molar-refractivity contribution >= 4 is 15.7 Å². The van der Waals surface area contributed by atoms with Gasteiger partial charge in [-0.2, -0.15) is 0 Å². The van der Waals surface area contributed by atoms with Gasteiger partial charge in [-0.25, -0.2) is 4.68 Å². The highest BCUT2D eigenvalue weighted by Crippen LogP contribution is 2.28. The smallest absolute Gasteiger partial charge is 0.141 e. The summed E-state index contributed by atoms with van der Waals surface area (Å²) in [7, 11) is 15.0. The topological polar surface area (TPSA) is 76.9 Å². The SMILES string of the molecule is [B][C@H]1CC(Cc2cn(COC[C@H]3O[C@@H]([B])CC3OC)nn2)[C@@H](COC)O1. The van der Waals surface area contributed by atoms with E-state index in [2.05, 4.69) is 10.3 Å². The molecule has 0 aromatic carbocycles. The largest absolute Gasteiger partial charge is 0.382 e. The van der Waals surface area contributed by atoms with Crippen LogP contribution in [-0.2, 0) is 36.8 Å². The Bertz CT molecular complexity index is 564. The molecule has 0 amide bonds. The van der Waals surface area contributed by atoms with Gasteiger partial charge in [0.05, 0.1) is 37.3 Å². The number of nitrogens with zero attached hydrogens (tertiary/aromatic N) is 3. The summed E-state index contributed by atoms with van der Waals surface area (Å²) in [4.78, 5) is 0. The lowest BCUT2D eigenvalue weighted by Gasteiger charge is -2.17. The summed E-state index contributed by atoms with van der Waals surface area (Å²) < 4.78 is 29.2. The summed E-state index contributed by atoms with van der Waals surface area (Å²) >= 11 is 0. The molecule has 1 aromatic rings. The summed E-state index contributed by atoms with van der Waals surface area (Å²) in [6.45, 7) is 1.21. The van der Waals surface area contributed by atoms with Gasteiger partial charge in [-0.15, -0.1) is 5.10 Å². The Kier molecular flexibility index (Phi) is 7.11. The first-order chi connectivity index (χ1) is 12.6. The van der Waals surface area contributed by atoms with Crippen molar-refractivity contribution in [3.8, 4) is 0 Å². The molecule has 2 aliphatic heterocycles. The van der Waals surface area contributed by atoms with Gasteiger partial charge in [0.15, 0.2) is 0 Å². The van der Waals surface area contributed by atoms with Crippen LogP contribution in [0, 0.1) is 5.92 Å². The molecular weight excluding hydrogens is 336 g/mol. The Labute approximate surface area is 156 Å². The van der Waals surface area contributed by atoms with Gasteiger partial charge in [0.2, 0.25) is 0 Å². The van der Waals surface area contributed by atoms with Crippen molar-refractivity contribution in [3.63, 3.8) is 0 Å². The average Bonchev–Trinajstić information content (AvgIpc) is 3.28. The predicted octanol–water partition coefficient (Wildman–Crippen LogP) is -0.361. The van der Waals surface area contributed by atoms with Crippen LogP contribution in [-0.4, -0.2) is 88.4 Å². The van der Waals surface area contributed by atoms with E-state index in [4.69, 9.17) is 39.4 Å². The fourth-order valence-corrected chi connectivity index (χ4v) is 3.56. The molecule has 140 valence electrons. The van der Waals surface area contributed by atoms with Gasteiger partial charge < -0.3 is 23.7 Å². The summed E-state index contributed by atoms with van der Waals surface area (Å²) in [5, 5.41) is 8.32. The second-order valence-corrected chi connectivity index (χ2v) is 6.84. The van der Waals surface area contributed by atoms with Crippen LogP contribution in [0.4, 0.5) is 0 Å². The van der Waals surface area contributed by atoms with Gasteiger partial charge in [-0.3, -0.25) is 0 Å². The molecule has 2 unspecified atom stereocenters. The van der Waals surface area contributed by atoms with Gasteiger partial charge in [0, 0.05) is 26.2 Å². The first-order valence-corrected chi connectivity index (χ1v) is 8.89. The minimum Gasteiger partial charge on any atom is -0.382 e. The van der Waals surface area contributed by atoms with Crippen LogP contribution in [0.2, 0.25) is 0 Å². The first kappa shape index (κ1) is 19.8. The fraction of sp³-hybridized carbons (Fsp3) is 0.875. The molecule has 2 aliphatic rings. The highest BCUT2D eigenvalue weighted by molar-refractivity contribution is 6.11. The number of methoxy groups -OCH3 is 2. The van der Waals surface area contributed by atoms with E-state index in [1.165, 1.54) is 0 Å². The summed E-state index contributed by atoms with van der Waals surface area (Å²) in [5.41, 5.74) is 0.881. The Hall–Kier alpha value is -0.930. The van der Waals surface area contributed by atoms with Crippen molar-refractivity contribution in [2.45, 2.75) is 56.3 Å². The van der Waals surface area contributed by atoms with Crippen LogP contribution in [0.1, 0.15) is 18.5 Å². The minimum atomic E-state index is -0.299. The van der Waals surface area contributed by atoms with E-state index >= 15 is 0 Å². The van der Waals surface area contributed by atoms with E-state index in [-0.39, 0.29) is 36.2 Å². The zero-order valence-corrected chi connectivity index (χ0v) is 15.3. The van der Waals surface area contributed by atoms with Crippen molar-refractivity contribution < 1.29 is 23.7 Å². The minimum absolute atomic E-state index is 0.00824. The molecule has 6 atom stereocenters. The van der Waals surface area contributed by atoms with E-state index in [9.17, 15) is 0 Å². The van der Waals surface area contributed by atoms with Gasteiger partial charge >= 0.3 is 0 Å². The molecule has 1 aromatic heterocycles. The van der Waals surface area contributed by atoms with Crippen LogP contribution < -0.4 is 0 Å². The maximum absolute atomic E-state index is 5.89. The van der Waals surface area contributed by atoms with Crippen LogP contribution in [0.3, 0.4) is 0 Å². The number of aromatic nitrogens is 3. The van der Waals surface area contributed by atoms with Crippen molar-refractivity contribution in [2.24, 2.45) is 5.92 Å². The molecule has 0 aliphatic carbocycles. The Morgan fingerprint density at radius 3 is 2.69 bits per heavy atom.